The Kier molecular flexibility index (Phi) is 5.04. The summed E-state index contributed by atoms with van der Waals surface area (Å²) < 4.78 is 1.80. The van der Waals surface area contributed by atoms with E-state index in [1.165, 1.54) is 16.7 Å². The highest BCUT2D eigenvalue weighted by Gasteiger charge is 2.10. The van der Waals surface area contributed by atoms with E-state index in [9.17, 15) is 0 Å². The minimum atomic E-state index is 0.779. The second-order valence-corrected chi connectivity index (χ2v) is 8.07. The Balaban J connectivity index is 1.41. The number of nitrogens with one attached hydrogen (secondary N) is 1. The molecule has 0 spiro atoms. The number of hydrogen-bond acceptors (Lipinski definition) is 3. The van der Waals surface area contributed by atoms with Crippen molar-refractivity contribution in [3.8, 4) is 22.3 Å². The Morgan fingerprint density at radius 1 is 0.812 bits per heavy atom. The van der Waals surface area contributed by atoms with Gasteiger partial charge in [0.2, 0.25) is 0 Å². The second kappa shape index (κ2) is 8.16. The molecular weight excluding hydrogens is 392 g/mol. The Morgan fingerprint density at radius 2 is 1.44 bits per heavy atom. The molecule has 0 bridgehead atoms. The number of benzene rings is 3. The lowest BCUT2D eigenvalue weighted by atomic mass is 10.0. The van der Waals surface area contributed by atoms with Gasteiger partial charge in [0.15, 0.2) is 5.65 Å². The fourth-order valence-corrected chi connectivity index (χ4v) is 3.72. The standard InChI is InChI=1S/C28H24N4/c1-19(2)21-8-10-24(11-9-21)26-18-29-32-17-16-27(31-28(26)32)30-25-14-12-23(13-15-25)22-6-4-20(3)5-7-22/h4-18H,1H2,2-3H3,(H,30,31). The zero-order valence-corrected chi connectivity index (χ0v) is 18.2. The minimum absolute atomic E-state index is 0.779. The van der Waals surface area contributed by atoms with Crippen molar-refractivity contribution in [1.82, 2.24) is 14.6 Å². The van der Waals surface area contributed by atoms with Gasteiger partial charge in [-0.15, -0.1) is 0 Å². The van der Waals surface area contributed by atoms with Gasteiger partial charge in [0.25, 0.3) is 0 Å². The lowest BCUT2D eigenvalue weighted by Crippen LogP contribution is -1.97. The highest BCUT2D eigenvalue weighted by Crippen LogP contribution is 2.27. The van der Waals surface area contributed by atoms with E-state index >= 15 is 0 Å². The lowest BCUT2D eigenvalue weighted by Gasteiger charge is -2.08. The Hall–Kier alpha value is -4.18. The maximum Gasteiger partial charge on any atom is 0.165 e. The number of aromatic nitrogens is 3. The molecule has 1 N–H and O–H groups in total. The molecule has 3 aromatic carbocycles. The lowest BCUT2D eigenvalue weighted by molar-refractivity contribution is 0.941. The maximum absolute atomic E-state index is 4.83. The van der Waals surface area contributed by atoms with Crippen molar-refractivity contribution in [2.45, 2.75) is 13.8 Å². The third-order valence-electron chi connectivity index (χ3n) is 5.60. The van der Waals surface area contributed by atoms with Crippen molar-refractivity contribution in [3.63, 3.8) is 0 Å². The van der Waals surface area contributed by atoms with Crippen molar-refractivity contribution in [3.05, 3.63) is 109 Å². The molecule has 0 fully saturated rings. The van der Waals surface area contributed by atoms with Crippen molar-refractivity contribution >= 4 is 22.7 Å². The number of hydrogen-bond donors (Lipinski definition) is 1. The summed E-state index contributed by atoms with van der Waals surface area (Å²) in [7, 11) is 0. The third kappa shape index (κ3) is 3.91. The van der Waals surface area contributed by atoms with Crippen molar-refractivity contribution in [1.29, 1.82) is 0 Å². The summed E-state index contributed by atoms with van der Waals surface area (Å²) in [5.41, 5.74) is 9.73. The van der Waals surface area contributed by atoms with Crippen LogP contribution in [0.4, 0.5) is 11.5 Å². The average molecular weight is 417 g/mol. The molecule has 32 heavy (non-hydrogen) atoms. The largest absolute Gasteiger partial charge is 0.340 e. The fourth-order valence-electron chi connectivity index (χ4n) is 3.72. The van der Waals surface area contributed by atoms with E-state index in [2.05, 4.69) is 96.7 Å². The van der Waals surface area contributed by atoms with Gasteiger partial charge in [0, 0.05) is 17.4 Å². The quantitative estimate of drug-likeness (QED) is 0.331. The molecule has 0 radical (unpaired) electrons. The summed E-state index contributed by atoms with van der Waals surface area (Å²) in [6.07, 6.45) is 3.79. The summed E-state index contributed by atoms with van der Waals surface area (Å²) in [6, 6.07) is 27.3. The first-order chi connectivity index (χ1) is 15.6. The molecule has 4 heteroatoms. The fraction of sp³-hybridized carbons (Fsp3) is 0.0714. The zero-order valence-electron chi connectivity index (χ0n) is 18.2. The number of nitrogens with zero attached hydrogens (tertiary/aromatic N) is 3. The van der Waals surface area contributed by atoms with Gasteiger partial charge in [0.05, 0.1) is 6.20 Å². The molecule has 0 aliphatic carbocycles. The second-order valence-electron chi connectivity index (χ2n) is 8.07. The van der Waals surface area contributed by atoms with Gasteiger partial charge in [0.1, 0.15) is 5.82 Å². The minimum Gasteiger partial charge on any atom is -0.340 e. The molecule has 2 heterocycles. The SMILES string of the molecule is C=C(C)c1ccc(-c2cnn3ccc(Nc4ccc(-c5ccc(C)cc5)cc4)nc23)cc1. The first-order valence-electron chi connectivity index (χ1n) is 10.6. The molecule has 0 aliphatic heterocycles. The van der Waals surface area contributed by atoms with Crippen LogP contribution in [-0.2, 0) is 0 Å². The van der Waals surface area contributed by atoms with E-state index in [0.29, 0.717) is 0 Å². The number of allylic oxidation sites excluding steroid dienone is 1. The summed E-state index contributed by atoms with van der Waals surface area (Å²) >= 11 is 0. The van der Waals surface area contributed by atoms with Gasteiger partial charge in [-0.1, -0.05) is 78.4 Å². The normalized spacial score (nSPS) is 10.9. The van der Waals surface area contributed by atoms with Gasteiger partial charge in [-0.3, -0.25) is 0 Å². The smallest absolute Gasteiger partial charge is 0.165 e. The van der Waals surface area contributed by atoms with Crippen LogP contribution in [0, 0.1) is 6.92 Å². The molecule has 0 aliphatic rings. The zero-order chi connectivity index (χ0) is 22.1. The number of anilines is 2. The highest BCUT2D eigenvalue weighted by molar-refractivity contribution is 5.79. The molecule has 0 amide bonds. The maximum atomic E-state index is 4.83. The summed E-state index contributed by atoms with van der Waals surface area (Å²) in [4.78, 5) is 4.83. The van der Waals surface area contributed by atoms with Crippen molar-refractivity contribution < 1.29 is 0 Å². The summed E-state index contributed by atoms with van der Waals surface area (Å²) in [5, 5.41) is 7.87. The molecule has 5 aromatic rings. The third-order valence-corrected chi connectivity index (χ3v) is 5.60. The van der Waals surface area contributed by atoms with E-state index in [1.54, 1.807) is 4.52 Å². The first kappa shape index (κ1) is 19.8. The van der Waals surface area contributed by atoms with Gasteiger partial charge < -0.3 is 5.32 Å². The van der Waals surface area contributed by atoms with Crippen LogP contribution in [0.25, 0.3) is 33.5 Å². The van der Waals surface area contributed by atoms with Crippen LogP contribution in [0.3, 0.4) is 0 Å². The monoisotopic (exact) mass is 416 g/mol. The van der Waals surface area contributed by atoms with E-state index in [1.807, 2.05) is 25.4 Å². The number of rotatable bonds is 5. The van der Waals surface area contributed by atoms with E-state index in [-0.39, 0.29) is 0 Å². The van der Waals surface area contributed by atoms with Crippen LogP contribution >= 0.6 is 0 Å². The van der Waals surface area contributed by atoms with E-state index < -0.39 is 0 Å². The average Bonchev–Trinajstić information content (AvgIpc) is 3.23. The van der Waals surface area contributed by atoms with Crippen LogP contribution in [0.5, 0.6) is 0 Å². The Morgan fingerprint density at radius 3 is 2.09 bits per heavy atom. The molecule has 4 nitrogen and oxygen atoms in total. The topological polar surface area (TPSA) is 42.2 Å². The molecule has 0 saturated heterocycles. The van der Waals surface area contributed by atoms with Crippen molar-refractivity contribution in [2.75, 3.05) is 5.32 Å². The van der Waals surface area contributed by atoms with E-state index in [0.717, 1.165) is 39.4 Å². The summed E-state index contributed by atoms with van der Waals surface area (Å²) in [6.45, 7) is 8.12. The predicted molar refractivity (Wildman–Crippen MR) is 133 cm³/mol. The van der Waals surface area contributed by atoms with Gasteiger partial charge in [-0.2, -0.15) is 5.10 Å². The first-order valence-corrected chi connectivity index (χ1v) is 10.6. The Bertz CT molecular complexity index is 1390. The van der Waals surface area contributed by atoms with Crippen LogP contribution in [0.15, 0.2) is 97.8 Å². The predicted octanol–water partition coefficient (Wildman–Crippen LogP) is 7.15. The number of fused-ring (bicyclic) bond motifs is 1. The molecule has 5 rings (SSSR count). The van der Waals surface area contributed by atoms with Crippen LogP contribution < -0.4 is 5.32 Å². The van der Waals surface area contributed by atoms with Gasteiger partial charge in [-0.05, 0) is 54.3 Å². The van der Waals surface area contributed by atoms with Crippen LogP contribution in [0.2, 0.25) is 0 Å². The molecule has 0 atom stereocenters. The van der Waals surface area contributed by atoms with Crippen LogP contribution in [-0.4, -0.2) is 14.6 Å². The Labute approximate surface area is 187 Å². The molecule has 0 saturated carbocycles. The molecule has 2 aromatic heterocycles. The molecule has 0 unspecified atom stereocenters. The number of aryl methyl sites for hydroxylation is 1. The van der Waals surface area contributed by atoms with E-state index in [4.69, 9.17) is 4.98 Å². The van der Waals surface area contributed by atoms with Gasteiger partial charge >= 0.3 is 0 Å². The molecule has 156 valence electrons. The summed E-state index contributed by atoms with van der Waals surface area (Å²) in [5.74, 6) is 0.779. The van der Waals surface area contributed by atoms with Crippen LogP contribution in [0.1, 0.15) is 18.1 Å². The van der Waals surface area contributed by atoms with Gasteiger partial charge in [-0.25, -0.2) is 9.50 Å². The molecular formula is C28H24N4. The van der Waals surface area contributed by atoms with Crippen molar-refractivity contribution in [2.24, 2.45) is 0 Å². The highest BCUT2D eigenvalue weighted by atomic mass is 15.2.